The van der Waals surface area contributed by atoms with Gasteiger partial charge in [-0.25, -0.2) is 5.10 Å². The fourth-order valence-corrected chi connectivity index (χ4v) is 3.34. The Hall–Kier alpha value is -1.69. The van der Waals surface area contributed by atoms with Gasteiger partial charge in [0.1, 0.15) is 5.69 Å². The highest BCUT2D eigenvalue weighted by Crippen LogP contribution is 2.57. The summed E-state index contributed by atoms with van der Waals surface area (Å²) in [5.41, 5.74) is 0.0735. The number of aromatic nitrogens is 2. The van der Waals surface area contributed by atoms with Gasteiger partial charge in [-0.15, -0.1) is 0 Å². The molecule has 6 heteroatoms. The van der Waals surface area contributed by atoms with Gasteiger partial charge in [-0.05, 0) is 32.3 Å². The summed E-state index contributed by atoms with van der Waals surface area (Å²) < 4.78 is 5.75. The Kier molecular flexibility index (Phi) is 3.33. The average molecular weight is 277 g/mol. The molecule has 0 radical (unpaired) electrons. The summed E-state index contributed by atoms with van der Waals surface area (Å²) in [7, 11) is 0. The Labute approximate surface area is 116 Å². The van der Waals surface area contributed by atoms with Crippen molar-refractivity contribution < 1.29 is 9.53 Å². The molecule has 108 valence electrons. The molecule has 2 unspecified atom stereocenters. The van der Waals surface area contributed by atoms with Crippen LogP contribution in [0.25, 0.3) is 0 Å². The number of amides is 1. The minimum atomic E-state index is -0.308. The van der Waals surface area contributed by atoms with Crippen LogP contribution in [0, 0.1) is 5.41 Å². The van der Waals surface area contributed by atoms with Crippen molar-refractivity contribution >= 4 is 5.91 Å². The maximum absolute atomic E-state index is 12.1. The van der Waals surface area contributed by atoms with E-state index in [9.17, 15) is 9.59 Å². The highest BCUT2D eigenvalue weighted by molar-refractivity contribution is 5.92. The molecule has 0 saturated heterocycles. The lowest BCUT2D eigenvalue weighted by Crippen LogP contribution is -2.67. The second-order valence-corrected chi connectivity index (χ2v) is 5.60. The lowest BCUT2D eigenvalue weighted by Gasteiger charge is -2.60. The number of nitrogens with zero attached hydrogens (tertiary/aromatic N) is 1. The first-order chi connectivity index (χ1) is 9.65. The molecule has 2 aliphatic carbocycles. The Morgan fingerprint density at radius 2 is 2.35 bits per heavy atom. The second kappa shape index (κ2) is 5.01. The third kappa shape index (κ3) is 2.04. The molecule has 6 nitrogen and oxygen atoms in total. The molecule has 2 saturated carbocycles. The van der Waals surface area contributed by atoms with Crippen LogP contribution in [0.5, 0.6) is 0 Å². The van der Waals surface area contributed by atoms with Gasteiger partial charge < -0.3 is 10.1 Å². The molecule has 3 rings (SSSR count). The van der Waals surface area contributed by atoms with Crippen LogP contribution in [0.3, 0.4) is 0 Å². The molecule has 0 aromatic carbocycles. The monoisotopic (exact) mass is 277 g/mol. The van der Waals surface area contributed by atoms with E-state index in [0.717, 1.165) is 19.3 Å². The number of H-pyrrole nitrogens is 1. The normalized spacial score (nSPS) is 26.6. The summed E-state index contributed by atoms with van der Waals surface area (Å²) in [6.07, 6.45) is 4.56. The number of carbonyl (C=O) groups excluding carboxylic acids is 1. The van der Waals surface area contributed by atoms with Crippen molar-refractivity contribution in [1.29, 1.82) is 0 Å². The first-order valence-electron chi connectivity index (χ1n) is 7.14. The molecule has 2 N–H and O–H groups in total. The molecule has 2 atom stereocenters. The van der Waals surface area contributed by atoms with Crippen molar-refractivity contribution in [3.63, 3.8) is 0 Å². The molecule has 1 heterocycles. The molecule has 2 aliphatic rings. The Bertz CT molecular complexity index is 545. The molecule has 1 aromatic rings. The van der Waals surface area contributed by atoms with Crippen LogP contribution in [0.2, 0.25) is 0 Å². The zero-order valence-corrected chi connectivity index (χ0v) is 11.5. The number of hydrogen-bond donors (Lipinski definition) is 2. The zero-order valence-electron chi connectivity index (χ0n) is 11.5. The fraction of sp³-hybridized carbons (Fsp3) is 0.643. The first kappa shape index (κ1) is 13.3. The van der Waals surface area contributed by atoms with Gasteiger partial charge in [0.25, 0.3) is 11.5 Å². The predicted molar refractivity (Wildman–Crippen MR) is 72.4 cm³/mol. The molecule has 1 aromatic heterocycles. The van der Waals surface area contributed by atoms with Crippen LogP contribution in [0.15, 0.2) is 16.9 Å². The van der Waals surface area contributed by atoms with Crippen molar-refractivity contribution in [3.05, 3.63) is 28.2 Å². The second-order valence-electron chi connectivity index (χ2n) is 5.60. The Morgan fingerprint density at radius 3 is 2.90 bits per heavy atom. The lowest BCUT2D eigenvalue weighted by atomic mass is 9.51. The summed E-state index contributed by atoms with van der Waals surface area (Å²) in [5, 5.41) is 9.06. The number of nitrogens with one attached hydrogen (secondary N) is 2. The van der Waals surface area contributed by atoms with Crippen LogP contribution in [-0.2, 0) is 4.74 Å². The summed E-state index contributed by atoms with van der Waals surface area (Å²) in [4.78, 5) is 23.1. The van der Waals surface area contributed by atoms with Gasteiger partial charge in [-0.3, -0.25) is 9.59 Å². The molecule has 1 amide bonds. The van der Waals surface area contributed by atoms with Crippen molar-refractivity contribution in [1.82, 2.24) is 15.5 Å². The largest absolute Gasteiger partial charge is 0.378 e. The minimum absolute atomic E-state index is 0.133. The molecule has 0 bridgehead atoms. The van der Waals surface area contributed by atoms with Gasteiger partial charge >= 0.3 is 0 Å². The van der Waals surface area contributed by atoms with Crippen molar-refractivity contribution in [3.8, 4) is 0 Å². The maximum Gasteiger partial charge on any atom is 0.271 e. The Morgan fingerprint density at radius 1 is 1.55 bits per heavy atom. The number of carbonyl (C=O) groups is 1. The van der Waals surface area contributed by atoms with Crippen LogP contribution in [0.4, 0.5) is 0 Å². The highest BCUT2D eigenvalue weighted by Gasteiger charge is 2.59. The maximum atomic E-state index is 12.1. The number of aromatic amines is 1. The smallest absolute Gasteiger partial charge is 0.271 e. The Balaban J connectivity index is 1.65. The van der Waals surface area contributed by atoms with E-state index in [4.69, 9.17) is 4.74 Å². The van der Waals surface area contributed by atoms with Crippen LogP contribution in [0.1, 0.15) is 43.1 Å². The molecular formula is C14H19N3O3. The number of ether oxygens (including phenoxy) is 1. The fourth-order valence-electron chi connectivity index (χ4n) is 3.34. The van der Waals surface area contributed by atoms with Gasteiger partial charge in [-0.2, -0.15) is 5.10 Å². The van der Waals surface area contributed by atoms with Crippen LogP contribution >= 0.6 is 0 Å². The quantitative estimate of drug-likeness (QED) is 0.854. The molecule has 1 spiro atoms. The van der Waals surface area contributed by atoms with Gasteiger partial charge in [0, 0.05) is 24.1 Å². The third-order valence-corrected chi connectivity index (χ3v) is 4.65. The van der Waals surface area contributed by atoms with E-state index in [1.165, 1.54) is 18.6 Å². The van der Waals surface area contributed by atoms with Gasteiger partial charge in [-0.1, -0.05) is 6.42 Å². The van der Waals surface area contributed by atoms with E-state index in [1.54, 1.807) is 0 Å². The molecule has 2 fully saturated rings. The molecular weight excluding hydrogens is 258 g/mol. The van der Waals surface area contributed by atoms with Gasteiger partial charge in [0.15, 0.2) is 0 Å². The van der Waals surface area contributed by atoms with E-state index in [0.29, 0.717) is 6.61 Å². The van der Waals surface area contributed by atoms with E-state index in [-0.39, 0.29) is 34.7 Å². The summed E-state index contributed by atoms with van der Waals surface area (Å²) in [6, 6.07) is 2.92. The lowest BCUT2D eigenvalue weighted by molar-refractivity contribution is -0.169. The van der Waals surface area contributed by atoms with Crippen molar-refractivity contribution in [2.45, 2.75) is 44.8 Å². The van der Waals surface area contributed by atoms with E-state index in [2.05, 4.69) is 15.5 Å². The SMILES string of the molecule is CCOC1CC(NC(=O)c2ccc(=O)[nH]n2)C12CCC2. The van der Waals surface area contributed by atoms with Crippen molar-refractivity contribution in [2.24, 2.45) is 5.41 Å². The van der Waals surface area contributed by atoms with E-state index < -0.39 is 0 Å². The third-order valence-electron chi connectivity index (χ3n) is 4.65. The van der Waals surface area contributed by atoms with Crippen LogP contribution < -0.4 is 10.9 Å². The molecule has 0 aliphatic heterocycles. The number of hydrogen-bond acceptors (Lipinski definition) is 4. The molecule has 20 heavy (non-hydrogen) atoms. The summed E-state index contributed by atoms with van der Waals surface area (Å²) >= 11 is 0. The summed E-state index contributed by atoms with van der Waals surface area (Å²) in [6.45, 7) is 2.72. The topological polar surface area (TPSA) is 84.1 Å². The first-order valence-corrected chi connectivity index (χ1v) is 7.14. The van der Waals surface area contributed by atoms with Crippen LogP contribution in [-0.4, -0.2) is 34.9 Å². The predicted octanol–water partition coefficient (Wildman–Crippen LogP) is 0.847. The average Bonchev–Trinajstić information content (AvgIpc) is 2.36. The van der Waals surface area contributed by atoms with E-state index in [1.807, 2.05) is 6.92 Å². The number of rotatable bonds is 4. The van der Waals surface area contributed by atoms with Gasteiger partial charge in [0.2, 0.25) is 0 Å². The van der Waals surface area contributed by atoms with Crippen molar-refractivity contribution in [2.75, 3.05) is 6.61 Å². The zero-order chi connectivity index (χ0) is 14.2. The summed E-state index contributed by atoms with van der Waals surface area (Å²) in [5.74, 6) is -0.229. The standard InChI is InChI=1S/C14H19N3O3/c1-2-20-11-8-10(14(11)6-3-7-14)15-13(19)9-4-5-12(18)17-16-9/h4-5,10-11H,2-3,6-8H2,1H3,(H,15,19)(H,17,18). The van der Waals surface area contributed by atoms with Gasteiger partial charge in [0.05, 0.1) is 6.10 Å². The minimum Gasteiger partial charge on any atom is -0.378 e. The van der Waals surface area contributed by atoms with E-state index >= 15 is 0 Å². The highest BCUT2D eigenvalue weighted by atomic mass is 16.5.